The van der Waals surface area contributed by atoms with Crippen LogP contribution in [0.3, 0.4) is 0 Å². The second kappa shape index (κ2) is 7.37. The van der Waals surface area contributed by atoms with Gasteiger partial charge in [0.1, 0.15) is 11.4 Å². The summed E-state index contributed by atoms with van der Waals surface area (Å²) in [7, 11) is -3.96. The summed E-state index contributed by atoms with van der Waals surface area (Å²) in [6.45, 7) is 1.53. The molecule has 0 saturated carbocycles. The lowest BCUT2D eigenvalue weighted by molar-refractivity contribution is -0.384. The van der Waals surface area contributed by atoms with E-state index in [1.165, 1.54) is 37.3 Å². The molecule has 1 aliphatic heterocycles. The highest BCUT2D eigenvalue weighted by Crippen LogP contribution is 2.31. The molecule has 29 heavy (non-hydrogen) atoms. The lowest BCUT2D eigenvalue weighted by Gasteiger charge is -2.13. The molecule has 0 aliphatic carbocycles. The van der Waals surface area contributed by atoms with Crippen LogP contribution in [0.4, 0.5) is 17.1 Å². The van der Waals surface area contributed by atoms with Gasteiger partial charge in [-0.3, -0.25) is 14.9 Å². The van der Waals surface area contributed by atoms with Crippen molar-refractivity contribution in [2.45, 2.75) is 17.9 Å². The van der Waals surface area contributed by atoms with Crippen molar-refractivity contribution in [1.29, 1.82) is 0 Å². The van der Waals surface area contributed by atoms with Gasteiger partial charge in [-0.1, -0.05) is 6.07 Å². The molecule has 13 heteroatoms. The fraction of sp³-hybridized carbons (Fsp3) is 0.125. The highest BCUT2D eigenvalue weighted by molar-refractivity contribution is 7.89. The smallest absolute Gasteiger partial charge is 0.280 e. The molecule has 3 N–H and O–H groups in total. The Labute approximate surface area is 164 Å². The number of carbonyl (C=O) groups excluding carboxylic acids is 1. The molecule has 3 rings (SSSR count). The number of hydrogen-bond donors (Lipinski definition) is 2. The van der Waals surface area contributed by atoms with Crippen molar-refractivity contribution in [1.82, 2.24) is 0 Å². The Hall–Kier alpha value is -3.71. The van der Waals surface area contributed by atoms with Crippen molar-refractivity contribution in [3.63, 3.8) is 0 Å². The van der Waals surface area contributed by atoms with Crippen LogP contribution in [0.15, 0.2) is 62.7 Å². The third-order valence-corrected chi connectivity index (χ3v) is 4.85. The van der Waals surface area contributed by atoms with Gasteiger partial charge < -0.3 is 5.11 Å². The number of non-ortho nitro benzene ring substituents is 1. The van der Waals surface area contributed by atoms with Gasteiger partial charge >= 0.3 is 0 Å². The van der Waals surface area contributed by atoms with Crippen molar-refractivity contribution in [2.24, 2.45) is 20.5 Å². The Morgan fingerprint density at radius 3 is 2.62 bits per heavy atom. The number of nitro groups is 1. The van der Waals surface area contributed by atoms with Crippen molar-refractivity contribution in [3.05, 3.63) is 52.6 Å². The number of azo groups is 1. The molecule has 1 aliphatic rings. The van der Waals surface area contributed by atoms with Gasteiger partial charge in [0, 0.05) is 6.07 Å². The first kappa shape index (κ1) is 20.0. The SMILES string of the molecule is CC1=NN(c2cccc(S(N)(=O)=O)c2)C(=O)C1N=Nc1ccc([N+](=O)[O-])cc1O. The fourth-order valence-electron chi connectivity index (χ4n) is 2.50. The van der Waals surface area contributed by atoms with E-state index in [1.807, 2.05) is 0 Å². The molecule has 0 fully saturated rings. The minimum atomic E-state index is -3.96. The van der Waals surface area contributed by atoms with Crippen LogP contribution in [0, 0.1) is 10.1 Å². The van der Waals surface area contributed by atoms with E-state index < -0.39 is 32.6 Å². The number of nitrogens with zero attached hydrogens (tertiary/aromatic N) is 5. The van der Waals surface area contributed by atoms with E-state index in [9.17, 15) is 28.4 Å². The van der Waals surface area contributed by atoms with E-state index in [1.54, 1.807) is 0 Å². The first-order valence-electron chi connectivity index (χ1n) is 7.98. The lowest BCUT2D eigenvalue weighted by atomic mass is 10.2. The van der Waals surface area contributed by atoms with Gasteiger partial charge in [-0.2, -0.15) is 20.3 Å². The number of hydrazone groups is 1. The highest BCUT2D eigenvalue weighted by Gasteiger charge is 2.35. The standard InChI is InChI=1S/C16H14N6O6S/c1-9-15(19-18-13-6-5-11(22(25)26)8-14(13)23)16(24)21(20-9)10-3-2-4-12(7-10)29(17,27)28/h2-8,15,23H,1H3,(H2,17,27,28). The van der Waals surface area contributed by atoms with E-state index in [0.29, 0.717) is 0 Å². The van der Waals surface area contributed by atoms with Crippen LogP contribution in [0.5, 0.6) is 5.75 Å². The molecule has 0 radical (unpaired) electrons. The number of primary sulfonamides is 1. The Morgan fingerprint density at radius 1 is 1.28 bits per heavy atom. The first-order chi connectivity index (χ1) is 13.6. The number of phenolic OH excluding ortho intramolecular Hbond substituents is 1. The average molecular weight is 418 g/mol. The van der Waals surface area contributed by atoms with Gasteiger partial charge in [-0.25, -0.2) is 13.6 Å². The molecule has 12 nitrogen and oxygen atoms in total. The number of nitro benzene ring substituents is 1. The largest absolute Gasteiger partial charge is 0.505 e. The normalized spacial score (nSPS) is 17.0. The molecule has 0 saturated heterocycles. The maximum absolute atomic E-state index is 12.7. The minimum absolute atomic E-state index is 0.0640. The molecule has 0 spiro atoms. The Morgan fingerprint density at radius 2 is 2.00 bits per heavy atom. The van der Waals surface area contributed by atoms with Gasteiger partial charge in [-0.05, 0) is 31.2 Å². The van der Waals surface area contributed by atoms with Crippen LogP contribution < -0.4 is 10.1 Å². The van der Waals surface area contributed by atoms with Crippen LogP contribution in [-0.4, -0.2) is 36.1 Å². The van der Waals surface area contributed by atoms with Crippen LogP contribution in [0.1, 0.15) is 6.92 Å². The third-order valence-electron chi connectivity index (χ3n) is 3.94. The number of rotatable bonds is 5. The quantitative estimate of drug-likeness (QED) is 0.424. The van der Waals surface area contributed by atoms with Gasteiger partial charge in [0.2, 0.25) is 10.0 Å². The number of carbonyl (C=O) groups is 1. The fourth-order valence-corrected chi connectivity index (χ4v) is 3.05. The second-order valence-electron chi connectivity index (χ2n) is 5.98. The zero-order valence-electron chi connectivity index (χ0n) is 14.8. The summed E-state index contributed by atoms with van der Waals surface area (Å²) in [5, 5.41) is 38.3. The first-order valence-corrected chi connectivity index (χ1v) is 9.53. The van der Waals surface area contributed by atoms with E-state index >= 15 is 0 Å². The molecular formula is C16H14N6O6S. The minimum Gasteiger partial charge on any atom is -0.505 e. The summed E-state index contributed by atoms with van der Waals surface area (Å²) >= 11 is 0. The molecule has 150 valence electrons. The monoisotopic (exact) mass is 418 g/mol. The molecule has 2 aromatic carbocycles. The maximum atomic E-state index is 12.7. The molecule has 1 amide bonds. The van der Waals surface area contributed by atoms with Crippen LogP contribution in [0.25, 0.3) is 0 Å². The van der Waals surface area contributed by atoms with E-state index in [0.717, 1.165) is 17.1 Å². The van der Waals surface area contributed by atoms with Crippen LogP contribution >= 0.6 is 0 Å². The van der Waals surface area contributed by atoms with Crippen molar-refractivity contribution < 1.29 is 23.2 Å². The third kappa shape index (κ3) is 4.09. The number of benzene rings is 2. The summed E-state index contributed by atoms with van der Waals surface area (Å²) in [5.74, 6) is -1.07. The van der Waals surface area contributed by atoms with Gasteiger partial charge in [0.05, 0.1) is 27.3 Å². The Balaban J connectivity index is 1.86. The number of hydrogen-bond acceptors (Lipinski definition) is 9. The topological polar surface area (TPSA) is 181 Å². The number of aromatic hydroxyl groups is 1. The van der Waals surface area contributed by atoms with Crippen LogP contribution in [-0.2, 0) is 14.8 Å². The van der Waals surface area contributed by atoms with Crippen molar-refractivity contribution >= 4 is 38.7 Å². The van der Waals surface area contributed by atoms with E-state index in [-0.39, 0.29) is 27.7 Å². The molecule has 1 atom stereocenters. The second-order valence-corrected chi connectivity index (χ2v) is 7.54. The summed E-state index contributed by atoms with van der Waals surface area (Å²) < 4.78 is 23.0. The van der Waals surface area contributed by atoms with Crippen LogP contribution in [0.2, 0.25) is 0 Å². The zero-order chi connectivity index (χ0) is 21.3. The average Bonchev–Trinajstić information content (AvgIpc) is 2.94. The number of anilines is 1. The zero-order valence-corrected chi connectivity index (χ0v) is 15.6. The summed E-state index contributed by atoms with van der Waals surface area (Å²) in [6.07, 6.45) is 0. The number of sulfonamides is 1. The summed E-state index contributed by atoms with van der Waals surface area (Å²) in [6, 6.07) is 7.50. The Kier molecular flexibility index (Phi) is 5.09. The molecule has 0 bridgehead atoms. The number of phenols is 1. The maximum Gasteiger partial charge on any atom is 0.280 e. The highest BCUT2D eigenvalue weighted by atomic mass is 32.2. The molecule has 2 aromatic rings. The molecule has 0 aromatic heterocycles. The lowest BCUT2D eigenvalue weighted by Crippen LogP contribution is -2.29. The molecule has 1 heterocycles. The predicted molar refractivity (Wildman–Crippen MR) is 101 cm³/mol. The van der Waals surface area contributed by atoms with E-state index in [2.05, 4.69) is 15.3 Å². The van der Waals surface area contributed by atoms with Gasteiger partial charge in [-0.15, -0.1) is 0 Å². The van der Waals surface area contributed by atoms with Crippen molar-refractivity contribution in [3.8, 4) is 5.75 Å². The summed E-state index contributed by atoms with van der Waals surface area (Å²) in [4.78, 5) is 22.5. The van der Waals surface area contributed by atoms with E-state index in [4.69, 9.17) is 5.14 Å². The van der Waals surface area contributed by atoms with Crippen molar-refractivity contribution in [2.75, 3.05) is 5.01 Å². The van der Waals surface area contributed by atoms with Gasteiger partial charge in [0.25, 0.3) is 11.6 Å². The predicted octanol–water partition coefficient (Wildman–Crippen LogP) is 1.82. The summed E-state index contributed by atoms with van der Waals surface area (Å²) in [5.41, 5.74) is 0.0702. The number of amides is 1. The van der Waals surface area contributed by atoms with Gasteiger partial charge in [0.15, 0.2) is 6.04 Å². The Bertz CT molecular complexity index is 1180. The molecule has 1 unspecified atom stereocenters. The number of nitrogens with two attached hydrogens (primary N) is 1. The molecular weight excluding hydrogens is 404 g/mol.